The van der Waals surface area contributed by atoms with Gasteiger partial charge in [-0.3, -0.25) is 0 Å². The van der Waals surface area contributed by atoms with E-state index in [1.165, 1.54) is 12.1 Å². The van der Waals surface area contributed by atoms with E-state index in [2.05, 4.69) is 10.2 Å². The molecule has 1 rings (SSSR count). The Morgan fingerprint density at radius 2 is 2.07 bits per heavy atom. The third-order valence-corrected chi connectivity index (χ3v) is 1.51. The van der Waals surface area contributed by atoms with Crippen LogP contribution in [-0.2, 0) is 4.79 Å². The molecule has 0 aliphatic rings. The lowest BCUT2D eigenvalue weighted by Crippen LogP contribution is -2.30. The SMILES string of the molecule is CCNCC(=O)On1c(O)ccc1O. The van der Waals surface area contributed by atoms with Gasteiger partial charge in [-0.25, -0.2) is 4.79 Å². The predicted octanol–water partition coefficient (Wildman–Crippen LogP) is -0.536. The average molecular weight is 200 g/mol. The van der Waals surface area contributed by atoms with Crippen molar-refractivity contribution in [2.24, 2.45) is 0 Å². The van der Waals surface area contributed by atoms with E-state index in [-0.39, 0.29) is 18.3 Å². The molecule has 3 N–H and O–H groups in total. The average Bonchev–Trinajstić information content (AvgIpc) is 2.46. The van der Waals surface area contributed by atoms with Gasteiger partial charge in [0.15, 0.2) is 0 Å². The van der Waals surface area contributed by atoms with E-state index in [1.54, 1.807) is 0 Å². The Kier molecular flexibility index (Phi) is 3.35. The van der Waals surface area contributed by atoms with Gasteiger partial charge >= 0.3 is 5.97 Å². The number of aromatic nitrogens is 1. The molecule has 14 heavy (non-hydrogen) atoms. The van der Waals surface area contributed by atoms with Crippen LogP contribution in [-0.4, -0.2) is 34.0 Å². The lowest BCUT2D eigenvalue weighted by molar-refractivity contribution is -0.144. The molecule has 0 bridgehead atoms. The molecule has 0 aliphatic heterocycles. The van der Waals surface area contributed by atoms with Crippen LogP contribution in [0.2, 0.25) is 0 Å². The Balaban J connectivity index is 2.55. The molecular formula is C8H12N2O4. The quantitative estimate of drug-likeness (QED) is 0.608. The van der Waals surface area contributed by atoms with Crippen LogP contribution in [0.4, 0.5) is 0 Å². The van der Waals surface area contributed by atoms with Crippen LogP contribution in [0.5, 0.6) is 11.8 Å². The van der Waals surface area contributed by atoms with E-state index in [9.17, 15) is 4.79 Å². The molecule has 1 aromatic rings. The molecule has 1 heterocycles. The zero-order valence-electron chi connectivity index (χ0n) is 7.73. The van der Waals surface area contributed by atoms with Gasteiger partial charge in [0, 0.05) is 12.1 Å². The van der Waals surface area contributed by atoms with E-state index < -0.39 is 5.97 Å². The molecule has 1 aromatic heterocycles. The minimum atomic E-state index is -0.589. The summed E-state index contributed by atoms with van der Waals surface area (Å²) < 4.78 is 0.652. The van der Waals surface area contributed by atoms with Crippen LogP contribution in [0.25, 0.3) is 0 Å². The fourth-order valence-electron chi connectivity index (χ4n) is 0.857. The van der Waals surface area contributed by atoms with Gasteiger partial charge in [-0.2, -0.15) is 0 Å². The summed E-state index contributed by atoms with van der Waals surface area (Å²) in [5.41, 5.74) is 0. The third-order valence-electron chi connectivity index (χ3n) is 1.51. The molecule has 78 valence electrons. The Labute approximate surface area is 80.7 Å². The number of hydrogen-bond donors (Lipinski definition) is 3. The highest BCUT2D eigenvalue weighted by Gasteiger charge is 2.10. The van der Waals surface area contributed by atoms with Gasteiger partial charge in [-0.05, 0) is 6.54 Å². The number of aromatic hydroxyl groups is 2. The number of carbonyl (C=O) groups excluding carboxylic acids is 1. The summed E-state index contributed by atoms with van der Waals surface area (Å²) in [7, 11) is 0. The molecule has 0 spiro atoms. The summed E-state index contributed by atoms with van der Waals surface area (Å²) >= 11 is 0. The van der Waals surface area contributed by atoms with E-state index in [0.29, 0.717) is 11.3 Å². The molecule has 0 saturated heterocycles. The summed E-state index contributed by atoms with van der Waals surface area (Å²) in [6, 6.07) is 2.44. The summed E-state index contributed by atoms with van der Waals surface area (Å²) in [6.45, 7) is 2.50. The molecule has 0 atom stereocenters. The minimum absolute atomic E-state index is 0.0214. The van der Waals surface area contributed by atoms with Crippen LogP contribution >= 0.6 is 0 Å². The second-order valence-corrected chi connectivity index (χ2v) is 2.59. The second-order valence-electron chi connectivity index (χ2n) is 2.59. The van der Waals surface area contributed by atoms with E-state index in [4.69, 9.17) is 10.2 Å². The zero-order chi connectivity index (χ0) is 10.6. The van der Waals surface area contributed by atoms with Crippen LogP contribution in [0.15, 0.2) is 12.1 Å². The maximum absolute atomic E-state index is 11.0. The molecule has 6 nitrogen and oxygen atoms in total. The van der Waals surface area contributed by atoms with Gasteiger partial charge in [0.2, 0.25) is 11.8 Å². The standard InChI is InChI=1S/C8H12N2O4/c1-2-9-5-8(13)14-10-6(11)3-4-7(10)12/h3-4,9,11-12H,2,5H2,1H3. The first kappa shape index (κ1) is 10.4. The van der Waals surface area contributed by atoms with Crippen LogP contribution in [0, 0.1) is 0 Å². The molecular weight excluding hydrogens is 188 g/mol. The number of hydrogen-bond acceptors (Lipinski definition) is 5. The topological polar surface area (TPSA) is 83.7 Å². The molecule has 0 unspecified atom stereocenters. The molecule has 0 fully saturated rings. The van der Waals surface area contributed by atoms with Gasteiger partial charge in [0.25, 0.3) is 0 Å². The molecule has 0 saturated carbocycles. The number of nitrogens with zero attached hydrogens (tertiary/aromatic N) is 1. The smallest absolute Gasteiger partial charge is 0.346 e. The molecule has 0 aliphatic carbocycles. The van der Waals surface area contributed by atoms with Crippen molar-refractivity contribution in [3.8, 4) is 11.8 Å². The lowest BCUT2D eigenvalue weighted by Gasteiger charge is -2.06. The van der Waals surface area contributed by atoms with Crippen LogP contribution in [0.3, 0.4) is 0 Å². The Hall–Kier alpha value is -1.69. The van der Waals surface area contributed by atoms with Crippen molar-refractivity contribution in [2.45, 2.75) is 6.92 Å². The maximum atomic E-state index is 11.0. The molecule has 0 amide bonds. The molecule has 0 aromatic carbocycles. The van der Waals surface area contributed by atoms with Crippen molar-refractivity contribution in [1.82, 2.24) is 10.0 Å². The summed E-state index contributed by atoms with van der Waals surface area (Å²) in [5.74, 6) is -1.24. The Bertz CT molecular complexity index is 302. The Morgan fingerprint density at radius 1 is 1.50 bits per heavy atom. The van der Waals surface area contributed by atoms with E-state index in [1.807, 2.05) is 6.92 Å². The Morgan fingerprint density at radius 3 is 2.57 bits per heavy atom. The van der Waals surface area contributed by atoms with Gasteiger partial charge in [-0.1, -0.05) is 6.92 Å². The summed E-state index contributed by atoms with van der Waals surface area (Å²) in [6.07, 6.45) is 0. The predicted molar refractivity (Wildman–Crippen MR) is 47.9 cm³/mol. The van der Waals surface area contributed by atoms with Crippen LogP contribution in [0.1, 0.15) is 6.92 Å². The van der Waals surface area contributed by atoms with E-state index >= 15 is 0 Å². The monoisotopic (exact) mass is 200 g/mol. The van der Waals surface area contributed by atoms with Gasteiger partial charge in [0.1, 0.15) is 0 Å². The second kappa shape index (κ2) is 4.52. The number of carbonyl (C=O) groups is 1. The third kappa shape index (κ3) is 2.40. The highest BCUT2D eigenvalue weighted by Crippen LogP contribution is 2.18. The lowest BCUT2D eigenvalue weighted by atomic mass is 10.6. The minimum Gasteiger partial charge on any atom is -0.492 e. The van der Waals surface area contributed by atoms with Crippen molar-refractivity contribution >= 4 is 5.97 Å². The fourth-order valence-corrected chi connectivity index (χ4v) is 0.857. The zero-order valence-corrected chi connectivity index (χ0v) is 7.73. The van der Waals surface area contributed by atoms with E-state index in [0.717, 1.165) is 0 Å². The first-order valence-electron chi connectivity index (χ1n) is 4.16. The maximum Gasteiger partial charge on any atom is 0.346 e. The molecule has 6 heteroatoms. The highest BCUT2D eigenvalue weighted by molar-refractivity contribution is 5.72. The first-order chi connectivity index (χ1) is 6.65. The van der Waals surface area contributed by atoms with Crippen molar-refractivity contribution in [1.29, 1.82) is 0 Å². The van der Waals surface area contributed by atoms with Crippen molar-refractivity contribution in [3.05, 3.63) is 12.1 Å². The number of likely N-dealkylation sites (N-methyl/N-ethyl adjacent to an activating group) is 1. The highest BCUT2D eigenvalue weighted by atomic mass is 16.7. The number of nitrogens with one attached hydrogen (secondary N) is 1. The van der Waals surface area contributed by atoms with Crippen LogP contribution < -0.4 is 10.2 Å². The van der Waals surface area contributed by atoms with Gasteiger partial charge in [-0.15, -0.1) is 4.73 Å². The summed E-state index contributed by atoms with van der Waals surface area (Å²) in [4.78, 5) is 15.7. The first-order valence-corrected chi connectivity index (χ1v) is 4.16. The normalized spacial score (nSPS) is 10.1. The fraction of sp³-hybridized carbons (Fsp3) is 0.375. The van der Waals surface area contributed by atoms with Crippen molar-refractivity contribution in [3.63, 3.8) is 0 Å². The molecule has 0 radical (unpaired) electrons. The van der Waals surface area contributed by atoms with Crippen molar-refractivity contribution < 1.29 is 19.8 Å². The van der Waals surface area contributed by atoms with Gasteiger partial charge in [0.05, 0.1) is 6.54 Å². The largest absolute Gasteiger partial charge is 0.492 e. The summed E-state index contributed by atoms with van der Waals surface area (Å²) in [5, 5.41) is 21.0. The van der Waals surface area contributed by atoms with Crippen molar-refractivity contribution in [2.75, 3.05) is 13.1 Å². The van der Waals surface area contributed by atoms with Gasteiger partial charge < -0.3 is 20.4 Å². The number of rotatable bonds is 4.